The summed E-state index contributed by atoms with van der Waals surface area (Å²) in [7, 11) is -3.56. The Bertz CT molecular complexity index is 1050. The molecule has 0 saturated heterocycles. The molecule has 0 amide bonds. The Labute approximate surface area is 146 Å². The zero-order valence-corrected chi connectivity index (χ0v) is 14.7. The molecule has 0 unspecified atom stereocenters. The first-order valence-electron chi connectivity index (χ1n) is 8.24. The topological polar surface area (TPSA) is 62.0 Å². The molecule has 0 radical (unpaired) electrons. The van der Waals surface area contributed by atoms with E-state index in [1.165, 1.54) is 12.1 Å². The van der Waals surface area contributed by atoms with Gasteiger partial charge in [-0.25, -0.2) is 17.5 Å². The minimum absolute atomic E-state index is 0.216. The van der Waals surface area contributed by atoms with Crippen LogP contribution >= 0.6 is 0 Å². The van der Waals surface area contributed by atoms with Crippen LogP contribution in [0.15, 0.2) is 53.6 Å². The van der Waals surface area contributed by atoms with Crippen LogP contribution in [0, 0.1) is 12.7 Å². The number of benzene rings is 2. The summed E-state index contributed by atoms with van der Waals surface area (Å²) in [6, 6.07) is 11.6. The summed E-state index contributed by atoms with van der Waals surface area (Å²) in [5.41, 5.74) is 2.30. The van der Waals surface area contributed by atoms with Gasteiger partial charge in [-0.2, -0.15) is 0 Å². The molecule has 25 heavy (non-hydrogen) atoms. The predicted octanol–water partition coefficient (Wildman–Crippen LogP) is 3.63. The molecule has 6 heteroatoms. The Kier molecular flexibility index (Phi) is 3.70. The summed E-state index contributed by atoms with van der Waals surface area (Å²) in [4.78, 5) is 3.41. The molecule has 1 aliphatic rings. The van der Waals surface area contributed by atoms with Gasteiger partial charge in [0.15, 0.2) is 0 Å². The number of halogens is 1. The van der Waals surface area contributed by atoms with Crippen molar-refractivity contribution in [2.75, 3.05) is 6.54 Å². The van der Waals surface area contributed by atoms with Gasteiger partial charge in [-0.3, -0.25) is 0 Å². The smallest absolute Gasteiger partial charge is 0.240 e. The van der Waals surface area contributed by atoms with Gasteiger partial charge < -0.3 is 4.98 Å². The molecule has 130 valence electrons. The largest absolute Gasteiger partial charge is 0.361 e. The van der Waals surface area contributed by atoms with E-state index in [0.29, 0.717) is 11.4 Å². The third kappa shape index (κ3) is 2.85. The first-order chi connectivity index (χ1) is 11.9. The molecular formula is C19H19FN2O2S. The van der Waals surface area contributed by atoms with Crippen LogP contribution in [0.5, 0.6) is 0 Å². The first kappa shape index (κ1) is 16.3. The summed E-state index contributed by atoms with van der Waals surface area (Å²) in [6.45, 7) is 2.13. The number of sulfonamides is 1. The molecule has 0 atom stereocenters. The van der Waals surface area contributed by atoms with E-state index < -0.39 is 10.0 Å². The Morgan fingerprint density at radius 1 is 1.20 bits per heavy atom. The van der Waals surface area contributed by atoms with Gasteiger partial charge in [0, 0.05) is 29.1 Å². The molecule has 1 heterocycles. The maximum atomic E-state index is 13.4. The van der Waals surface area contributed by atoms with Crippen molar-refractivity contribution >= 4 is 20.9 Å². The third-order valence-electron chi connectivity index (χ3n) is 5.05. The predicted molar refractivity (Wildman–Crippen MR) is 95.5 cm³/mol. The highest BCUT2D eigenvalue weighted by atomic mass is 32.2. The van der Waals surface area contributed by atoms with Crippen LogP contribution in [0.1, 0.15) is 24.0 Å². The second-order valence-corrected chi connectivity index (χ2v) is 8.50. The van der Waals surface area contributed by atoms with Gasteiger partial charge in [-0.15, -0.1) is 0 Å². The van der Waals surface area contributed by atoms with Crippen LogP contribution < -0.4 is 4.72 Å². The van der Waals surface area contributed by atoms with Gasteiger partial charge >= 0.3 is 0 Å². The van der Waals surface area contributed by atoms with E-state index in [0.717, 1.165) is 34.9 Å². The summed E-state index contributed by atoms with van der Waals surface area (Å²) < 4.78 is 41.4. The molecule has 0 aliphatic heterocycles. The molecule has 1 aliphatic carbocycles. The van der Waals surface area contributed by atoms with Crippen molar-refractivity contribution in [2.24, 2.45) is 0 Å². The molecule has 2 N–H and O–H groups in total. The summed E-state index contributed by atoms with van der Waals surface area (Å²) in [5, 5.41) is 0.953. The van der Waals surface area contributed by atoms with Gasteiger partial charge in [0.05, 0.1) is 4.90 Å². The monoisotopic (exact) mass is 358 g/mol. The second kappa shape index (κ2) is 5.68. The lowest BCUT2D eigenvalue weighted by Gasteiger charge is -2.16. The van der Waals surface area contributed by atoms with E-state index in [1.807, 2.05) is 12.3 Å². The Balaban J connectivity index is 1.61. The number of aromatic amines is 1. The van der Waals surface area contributed by atoms with Crippen LogP contribution in [0.25, 0.3) is 10.9 Å². The van der Waals surface area contributed by atoms with E-state index in [4.69, 9.17) is 0 Å². The number of rotatable bonds is 5. The van der Waals surface area contributed by atoms with E-state index >= 15 is 0 Å². The van der Waals surface area contributed by atoms with Crippen molar-refractivity contribution in [3.8, 4) is 0 Å². The molecule has 1 fully saturated rings. The number of hydrogen-bond donors (Lipinski definition) is 2. The first-order valence-corrected chi connectivity index (χ1v) is 9.72. The van der Waals surface area contributed by atoms with Crippen LogP contribution in [0.4, 0.5) is 4.39 Å². The number of fused-ring (bicyclic) bond motifs is 1. The van der Waals surface area contributed by atoms with Crippen molar-refractivity contribution in [1.82, 2.24) is 9.71 Å². The maximum absolute atomic E-state index is 13.4. The molecule has 1 aromatic heterocycles. The molecule has 0 bridgehead atoms. The lowest BCUT2D eigenvalue weighted by molar-refractivity contribution is 0.567. The average Bonchev–Trinajstić information content (AvgIpc) is 3.25. The summed E-state index contributed by atoms with van der Waals surface area (Å²) in [5.74, 6) is -0.286. The molecular weight excluding hydrogens is 339 g/mol. The Hall–Kier alpha value is -2.18. The Morgan fingerprint density at radius 3 is 2.68 bits per heavy atom. The quantitative estimate of drug-likeness (QED) is 0.732. The van der Waals surface area contributed by atoms with Crippen molar-refractivity contribution < 1.29 is 12.8 Å². The van der Waals surface area contributed by atoms with Crippen LogP contribution in [-0.2, 0) is 15.4 Å². The van der Waals surface area contributed by atoms with Crippen molar-refractivity contribution in [1.29, 1.82) is 0 Å². The third-order valence-corrected chi connectivity index (χ3v) is 6.61. The number of H-pyrrole nitrogens is 1. The van der Waals surface area contributed by atoms with Gasteiger partial charge in [-0.05, 0) is 55.2 Å². The highest BCUT2D eigenvalue weighted by Crippen LogP contribution is 2.50. The lowest BCUT2D eigenvalue weighted by atomic mass is 9.96. The van der Waals surface area contributed by atoms with Crippen molar-refractivity contribution in [2.45, 2.75) is 30.1 Å². The van der Waals surface area contributed by atoms with Crippen LogP contribution in [0.2, 0.25) is 0 Å². The molecule has 2 aromatic carbocycles. The standard InChI is InChI=1S/C19H19FN2O2S/c1-13-4-2-3-5-18(13)25(23,24)22-12-19(8-9-19)16-11-21-17-10-14(20)6-7-15(16)17/h2-7,10-11,21-22H,8-9,12H2,1H3. The van der Waals surface area contributed by atoms with Crippen LogP contribution in [-0.4, -0.2) is 19.9 Å². The van der Waals surface area contributed by atoms with E-state index in [2.05, 4.69) is 9.71 Å². The average molecular weight is 358 g/mol. The zero-order chi connectivity index (χ0) is 17.7. The van der Waals surface area contributed by atoms with E-state index in [-0.39, 0.29) is 11.2 Å². The SMILES string of the molecule is Cc1ccccc1S(=O)(=O)NCC1(c2c[nH]c3cc(F)ccc23)CC1. The molecule has 1 saturated carbocycles. The van der Waals surface area contributed by atoms with Crippen molar-refractivity contribution in [3.63, 3.8) is 0 Å². The molecule has 3 aromatic rings. The van der Waals surface area contributed by atoms with Crippen LogP contribution in [0.3, 0.4) is 0 Å². The maximum Gasteiger partial charge on any atom is 0.240 e. The highest BCUT2D eigenvalue weighted by Gasteiger charge is 2.46. The van der Waals surface area contributed by atoms with E-state index in [9.17, 15) is 12.8 Å². The fourth-order valence-electron chi connectivity index (χ4n) is 3.40. The summed E-state index contributed by atoms with van der Waals surface area (Å²) >= 11 is 0. The molecule has 4 nitrogen and oxygen atoms in total. The fraction of sp³-hybridized carbons (Fsp3) is 0.263. The zero-order valence-electron chi connectivity index (χ0n) is 13.8. The number of hydrogen-bond acceptors (Lipinski definition) is 2. The normalized spacial score (nSPS) is 16.2. The minimum Gasteiger partial charge on any atom is -0.361 e. The minimum atomic E-state index is -3.56. The molecule has 4 rings (SSSR count). The summed E-state index contributed by atoms with van der Waals surface area (Å²) in [6.07, 6.45) is 3.69. The molecule has 0 spiro atoms. The van der Waals surface area contributed by atoms with Gasteiger partial charge in [0.1, 0.15) is 5.82 Å². The number of aromatic nitrogens is 1. The fourth-order valence-corrected chi connectivity index (χ4v) is 4.77. The van der Waals surface area contributed by atoms with Gasteiger partial charge in [0.25, 0.3) is 0 Å². The number of aryl methyl sites for hydroxylation is 1. The van der Waals surface area contributed by atoms with E-state index in [1.54, 1.807) is 31.2 Å². The van der Waals surface area contributed by atoms with Gasteiger partial charge in [-0.1, -0.05) is 18.2 Å². The van der Waals surface area contributed by atoms with Crippen molar-refractivity contribution in [3.05, 3.63) is 65.6 Å². The highest BCUT2D eigenvalue weighted by molar-refractivity contribution is 7.89. The lowest BCUT2D eigenvalue weighted by Crippen LogP contribution is -2.32. The second-order valence-electron chi connectivity index (χ2n) is 6.76. The number of nitrogens with one attached hydrogen (secondary N) is 2. The van der Waals surface area contributed by atoms with Gasteiger partial charge in [0.2, 0.25) is 10.0 Å². The Morgan fingerprint density at radius 2 is 1.96 bits per heavy atom.